The van der Waals surface area contributed by atoms with Gasteiger partial charge in [-0.2, -0.15) is 0 Å². The Labute approximate surface area is 86.6 Å². The first-order valence-electron chi connectivity index (χ1n) is 4.53. The minimum atomic E-state index is -0.442. The zero-order valence-corrected chi connectivity index (χ0v) is 7.97. The molecule has 1 aliphatic rings. The summed E-state index contributed by atoms with van der Waals surface area (Å²) in [5, 5.41) is 2.42. The van der Waals surface area contributed by atoms with Crippen LogP contribution in [-0.4, -0.2) is 24.1 Å². The smallest absolute Gasteiger partial charge is 0.410 e. The van der Waals surface area contributed by atoms with Crippen LogP contribution in [0.5, 0.6) is 5.75 Å². The molecule has 1 aromatic rings. The molecule has 78 valence electrons. The van der Waals surface area contributed by atoms with Gasteiger partial charge < -0.3 is 10.1 Å². The van der Waals surface area contributed by atoms with E-state index in [4.69, 9.17) is 4.74 Å². The molecule has 1 aromatic carbocycles. The fourth-order valence-corrected chi connectivity index (χ4v) is 1.43. The third-order valence-corrected chi connectivity index (χ3v) is 2.15. The highest BCUT2D eigenvalue weighted by molar-refractivity contribution is 5.73. The summed E-state index contributed by atoms with van der Waals surface area (Å²) in [5.74, 6) is 0.588. The summed E-state index contributed by atoms with van der Waals surface area (Å²) in [5.41, 5.74) is 0.935. The standard InChI is InChI=1S/C10H10N2O3/c13-7-11-6-12-5-8-3-1-2-4-9(8)15-10(12)14/h1-4,7H,5-6H2,(H,11,13). The minimum Gasteiger partial charge on any atom is -0.410 e. The lowest BCUT2D eigenvalue weighted by Gasteiger charge is -2.27. The van der Waals surface area contributed by atoms with Crippen molar-refractivity contribution in [1.82, 2.24) is 10.2 Å². The number of carbonyl (C=O) groups is 2. The quantitative estimate of drug-likeness (QED) is 0.741. The van der Waals surface area contributed by atoms with E-state index in [1.165, 1.54) is 4.90 Å². The second kappa shape index (κ2) is 4.00. The SMILES string of the molecule is O=CNCN1Cc2ccccc2OC1=O. The molecule has 5 heteroatoms. The molecule has 0 saturated heterocycles. The van der Waals surface area contributed by atoms with Crippen LogP contribution in [0.2, 0.25) is 0 Å². The summed E-state index contributed by atoms with van der Waals surface area (Å²) in [6.07, 6.45) is 0.108. The van der Waals surface area contributed by atoms with Gasteiger partial charge in [-0.15, -0.1) is 0 Å². The van der Waals surface area contributed by atoms with E-state index in [2.05, 4.69) is 5.32 Å². The van der Waals surface area contributed by atoms with E-state index in [-0.39, 0.29) is 6.67 Å². The van der Waals surface area contributed by atoms with Gasteiger partial charge in [-0.3, -0.25) is 9.69 Å². The van der Waals surface area contributed by atoms with Crippen LogP contribution < -0.4 is 10.1 Å². The molecule has 2 amide bonds. The molecular formula is C10H10N2O3. The number of benzene rings is 1. The van der Waals surface area contributed by atoms with Crippen LogP contribution in [0, 0.1) is 0 Å². The van der Waals surface area contributed by atoms with Crippen molar-refractivity contribution >= 4 is 12.5 Å². The van der Waals surface area contributed by atoms with Crippen LogP contribution >= 0.6 is 0 Å². The number of para-hydroxylation sites is 1. The number of hydrogen-bond donors (Lipinski definition) is 1. The molecule has 0 fully saturated rings. The Morgan fingerprint density at radius 1 is 1.47 bits per heavy atom. The number of amides is 2. The highest BCUT2D eigenvalue weighted by Gasteiger charge is 2.23. The van der Waals surface area contributed by atoms with Crippen LogP contribution in [0.15, 0.2) is 24.3 Å². The second-order valence-corrected chi connectivity index (χ2v) is 3.15. The van der Waals surface area contributed by atoms with Gasteiger partial charge in [-0.25, -0.2) is 4.79 Å². The predicted octanol–water partition coefficient (Wildman–Crippen LogP) is 0.704. The number of carbonyl (C=O) groups excluding carboxylic acids is 2. The van der Waals surface area contributed by atoms with Crippen LogP contribution in [0.4, 0.5) is 4.79 Å². The van der Waals surface area contributed by atoms with Crippen LogP contribution in [0.25, 0.3) is 0 Å². The maximum Gasteiger partial charge on any atom is 0.416 e. The lowest BCUT2D eigenvalue weighted by molar-refractivity contribution is -0.110. The summed E-state index contributed by atoms with van der Waals surface area (Å²) in [6, 6.07) is 7.32. The average Bonchev–Trinajstić information content (AvgIpc) is 2.26. The van der Waals surface area contributed by atoms with E-state index >= 15 is 0 Å². The Morgan fingerprint density at radius 2 is 2.27 bits per heavy atom. The Morgan fingerprint density at radius 3 is 3.07 bits per heavy atom. The third kappa shape index (κ3) is 1.90. The van der Waals surface area contributed by atoms with Crippen molar-refractivity contribution in [3.8, 4) is 5.75 Å². The first-order chi connectivity index (χ1) is 7.31. The molecule has 1 aliphatic heterocycles. The van der Waals surface area contributed by atoms with E-state index in [0.717, 1.165) is 5.56 Å². The number of ether oxygens (including phenoxy) is 1. The summed E-state index contributed by atoms with van der Waals surface area (Å²) in [6.45, 7) is 0.618. The lowest BCUT2D eigenvalue weighted by Crippen LogP contribution is -2.42. The Hall–Kier alpha value is -2.04. The maximum absolute atomic E-state index is 11.4. The van der Waals surface area contributed by atoms with Crippen molar-refractivity contribution < 1.29 is 14.3 Å². The van der Waals surface area contributed by atoms with Crippen molar-refractivity contribution in [2.24, 2.45) is 0 Å². The van der Waals surface area contributed by atoms with E-state index in [9.17, 15) is 9.59 Å². The normalized spacial score (nSPS) is 14.1. The van der Waals surface area contributed by atoms with Crippen LogP contribution in [-0.2, 0) is 11.3 Å². The van der Waals surface area contributed by atoms with Gasteiger partial charge in [-0.1, -0.05) is 18.2 Å². The number of nitrogens with zero attached hydrogens (tertiary/aromatic N) is 1. The average molecular weight is 206 g/mol. The Kier molecular flexibility index (Phi) is 2.53. The number of nitrogens with one attached hydrogen (secondary N) is 1. The summed E-state index contributed by atoms with van der Waals surface area (Å²) >= 11 is 0. The molecule has 0 saturated carbocycles. The van der Waals surface area contributed by atoms with Gasteiger partial charge in [0, 0.05) is 5.56 Å². The zero-order chi connectivity index (χ0) is 10.7. The van der Waals surface area contributed by atoms with Crippen molar-refractivity contribution in [1.29, 1.82) is 0 Å². The van der Waals surface area contributed by atoms with Crippen molar-refractivity contribution in [2.45, 2.75) is 6.54 Å². The van der Waals surface area contributed by atoms with Gasteiger partial charge in [0.25, 0.3) is 0 Å². The van der Waals surface area contributed by atoms with Crippen molar-refractivity contribution in [3.05, 3.63) is 29.8 Å². The van der Waals surface area contributed by atoms with Gasteiger partial charge in [0.05, 0.1) is 13.2 Å². The molecule has 0 atom stereocenters. The molecule has 1 heterocycles. The van der Waals surface area contributed by atoms with Crippen LogP contribution in [0.3, 0.4) is 0 Å². The van der Waals surface area contributed by atoms with Crippen molar-refractivity contribution in [2.75, 3.05) is 6.67 Å². The molecule has 1 N–H and O–H groups in total. The van der Waals surface area contributed by atoms with Gasteiger partial charge in [-0.05, 0) is 6.07 Å². The molecular weight excluding hydrogens is 196 g/mol. The molecule has 0 spiro atoms. The highest BCUT2D eigenvalue weighted by atomic mass is 16.6. The molecule has 15 heavy (non-hydrogen) atoms. The zero-order valence-electron chi connectivity index (χ0n) is 7.97. The highest BCUT2D eigenvalue weighted by Crippen LogP contribution is 2.24. The van der Waals surface area contributed by atoms with Gasteiger partial charge >= 0.3 is 6.09 Å². The largest absolute Gasteiger partial charge is 0.416 e. The minimum absolute atomic E-state index is 0.163. The summed E-state index contributed by atoms with van der Waals surface area (Å²) < 4.78 is 5.07. The first kappa shape index (κ1) is 9.51. The summed E-state index contributed by atoms with van der Waals surface area (Å²) in [7, 11) is 0. The fourth-order valence-electron chi connectivity index (χ4n) is 1.43. The lowest BCUT2D eigenvalue weighted by atomic mass is 10.2. The maximum atomic E-state index is 11.4. The number of hydrogen-bond acceptors (Lipinski definition) is 3. The van der Waals surface area contributed by atoms with Gasteiger partial charge in [0.1, 0.15) is 5.75 Å². The van der Waals surface area contributed by atoms with Gasteiger partial charge in [0.15, 0.2) is 0 Å². The molecule has 0 aliphatic carbocycles. The van der Waals surface area contributed by atoms with Gasteiger partial charge in [0.2, 0.25) is 6.41 Å². The second-order valence-electron chi connectivity index (χ2n) is 3.15. The fraction of sp³-hybridized carbons (Fsp3) is 0.200. The van der Waals surface area contributed by atoms with Crippen molar-refractivity contribution in [3.63, 3.8) is 0 Å². The Bertz CT molecular complexity index is 392. The van der Waals surface area contributed by atoms with E-state index < -0.39 is 6.09 Å². The molecule has 0 unspecified atom stereocenters. The van der Waals surface area contributed by atoms with E-state index in [1.54, 1.807) is 6.07 Å². The molecule has 5 nitrogen and oxygen atoms in total. The Balaban J connectivity index is 2.14. The van der Waals surface area contributed by atoms with E-state index in [0.29, 0.717) is 18.7 Å². The third-order valence-electron chi connectivity index (χ3n) is 2.15. The summed E-state index contributed by atoms with van der Waals surface area (Å²) in [4.78, 5) is 22.9. The monoisotopic (exact) mass is 206 g/mol. The number of fused-ring (bicyclic) bond motifs is 1. The van der Waals surface area contributed by atoms with Crippen LogP contribution in [0.1, 0.15) is 5.56 Å². The predicted molar refractivity (Wildman–Crippen MR) is 52.1 cm³/mol. The molecule has 0 aromatic heterocycles. The molecule has 0 bridgehead atoms. The topological polar surface area (TPSA) is 58.6 Å². The number of rotatable bonds is 3. The van der Waals surface area contributed by atoms with E-state index in [1.807, 2.05) is 18.2 Å². The first-order valence-corrected chi connectivity index (χ1v) is 4.53. The molecule has 0 radical (unpaired) electrons. The molecule has 2 rings (SSSR count).